The maximum Gasteiger partial charge on any atom is 0.397 e. The zero-order valence-corrected chi connectivity index (χ0v) is 7.04. The monoisotopic (exact) mass is 184 g/mol. The van der Waals surface area contributed by atoms with E-state index in [1.807, 2.05) is 6.92 Å². The third kappa shape index (κ3) is 7.73. The van der Waals surface area contributed by atoms with Crippen molar-refractivity contribution in [2.45, 2.75) is 25.9 Å². The van der Waals surface area contributed by atoms with Crippen LogP contribution in [0.15, 0.2) is 0 Å². The Morgan fingerprint density at radius 1 is 1.55 bits per heavy atom. The lowest BCUT2D eigenvalue weighted by Gasteiger charge is -2.06. The first-order valence-corrected chi connectivity index (χ1v) is 4.62. The minimum atomic E-state index is -4.40. The smallest absolute Gasteiger partial charge is 0.391 e. The van der Waals surface area contributed by atoms with Crippen LogP contribution in [0.2, 0.25) is 0 Å². The largest absolute Gasteiger partial charge is 0.397 e. The van der Waals surface area contributed by atoms with Crippen LogP contribution in [0.4, 0.5) is 0 Å². The van der Waals surface area contributed by atoms with Gasteiger partial charge in [0.05, 0.1) is 12.7 Å². The predicted molar refractivity (Wildman–Crippen MR) is 38.4 cm³/mol. The van der Waals surface area contributed by atoms with Gasteiger partial charge in [-0.3, -0.25) is 4.55 Å². The van der Waals surface area contributed by atoms with Gasteiger partial charge >= 0.3 is 10.4 Å². The number of rotatable bonds is 5. The molecule has 5 nitrogen and oxygen atoms in total. The molecule has 0 aliphatic heterocycles. The predicted octanol–water partition coefficient (Wildman–Crippen LogP) is -0.0332. The fourth-order valence-corrected chi connectivity index (χ4v) is 0.910. The molecule has 0 amide bonds. The molecule has 68 valence electrons. The summed E-state index contributed by atoms with van der Waals surface area (Å²) in [5, 5.41) is 8.91. The minimum Gasteiger partial charge on any atom is -0.391 e. The Hall–Kier alpha value is -0.170. The minimum absolute atomic E-state index is 0.382. The molecule has 0 saturated carbocycles. The molecule has 0 heterocycles. The second-order valence-corrected chi connectivity index (χ2v) is 3.25. The number of hydrogen-bond donors (Lipinski definition) is 2. The van der Waals surface area contributed by atoms with E-state index in [0.717, 1.165) is 6.42 Å². The van der Waals surface area contributed by atoms with E-state index in [2.05, 4.69) is 4.18 Å². The van der Waals surface area contributed by atoms with E-state index >= 15 is 0 Å². The van der Waals surface area contributed by atoms with Gasteiger partial charge in [0, 0.05) is 0 Å². The molecule has 0 bridgehead atoms. The van der Waals surface area contributed by atoms with Crippen LogP contribution < -0.4 is 0 Å². The molecular formula is C5H12O5S. The highest BCUT2D eigenvalue weighted by Gasteiger charge is 2.09. The van der Waals surface area contributed by atoms with Crippen LogP contribution >= 0.6 is 0 Å². The van der Waals surface area contributed by atoms with Crippen molar-refractivity contribution in [1.29, 1.82) is 0 Å². The highest BCUT2D eigenvalue weighted by Crippen LogP contribution is 1.98. The first-order chi connectivity index (χ1) is 4.95. The van der Waals surface area contributed by atoms with Gasteiger partial charge in [0.15, 0.2) is 0 Å². The lowest BCUT2D eigenvalue weighted by Crippen LogP contribution is -2.17. The normalized spacial score (nSPS) is 14.8. The second-order valence-electron chi connectivity index (χ2n) is 2.15. The highest BCUT2D eigenvalue weighted by atomic mass is 32.3. The summed E-state index contributed by atoms with van der Waals surface area (Å²) in [6, 6.07) is 0. The van der Waals surface area contributed by atoms with Gasteiger partial charge in [0.1, 0.15) is 0 Å². The van der Waals surface area contributed by atoms with Crippen molar-refractivity contribution in [3.63, 3.8) is 0 Å². The molecule has 11 heavy (non-hydrogen) atoms. The quantitative estimate of drug-likeness (QED) is 0.586. The molecule has 0 rings (SSSR count). The third-order valence-corrected chi connectivity index (χ3v) is 1.47. The topological polar surface area (TPSA) is 83.8 Å². The Morgan fingerprint density at radius 3 is 2.45 bits per heavy atom. The summed E-state index contributed by atoms with van der Waals surface area (Å²) in [5.41, 5.74) is 0. The Labute approximate surface area is 65.9 Å². The third-order valence-electron chi connectivity index (χ3n) is 1.03. The van der Waals surface area contributed by atoms with Crippen LogP contribution in [-0.4, -0.2) is 30.8 Å². The highest BCUT2D eigenvalue weighted by molar-refractivity contribution is 7.80. The molecule has 0 radical (unpaired) electrons. The van der Waals surface area contributed by atoms with E-state index in [0.29, 0.717) is 6.42 Å². The summed E-state index contributed by atoms with van der Waals surface area (Å²) in [4.78, 5) is 0. The van der Waals surface area contributed by atoms with Gasteiger partial charge in [-0.1, -0.05) is 13.3 Å². The molecule has 0 aliphatic carbocycles. The van der Waals surface area contributed by atoms with Crippen molar-refractivity contribution >= 4 is 10.4 Å². The van der Waals surface area contributed by atoms with Gasteiger partial charge < -0.3 is 5.11 Å². The first kappa shape index (κ1) is 10.8. The molecule has 0 aromatic rings. The van der Waals surface area contributed by atoms with Crippen LogP contribution in [0, 0.1) is 0 Å². The van der Waals surface area contributed by atoms with E-state index < -0.39 is 16.5 Å². The number of hydrogen-bond acceptors (Lipinski definition) is 4. The van der Waals surface area contributed by atoms with Gasteiger partial charge in [-0.15, -0.1) is 0 Å². The van der Waals surface area contributed by atoms with Crippen molar-refractivity contribution in [1.82, 2.24) is 0 Å². The van der Waals surface area contributed by atoms with Crippen molar-refractivity contribution in [2.24, 2.45) is 0 Å². The second kappa shape index (κ2) is 4.66. The van der Waals surface area contributed by atoms with Crippen molar-refractivity contribution in [3.05, 3.63) is 0 Å². The zero-order valence-electron chi connectivity index (χ0n) is 6.23. The number of aliphatic hydroxyl groups is 1. The summed E-state index contributed by atoms with van der Waals surface area (Å²) < 4.78 is 31.9. The molecule has 0 aromatic heterocycles. The molecule has 0 fully saturated rings. The molecule has 0 saturated heterocycles. The van der Waals surface area contributed by atoms with Crippen LogP contribution in [0.3, 0.4) is 0 Å². The maximum absolute atomic E-state index is 9.96. The molecule has 1 unspecified atom stereocenters. The summed E-state index contributed by atoms with van der Waals surface area (Å²) in [6.07, 6.45) is 0.354. The summed E-state index contributed by atoms with van der Waals surface area (Å²) in [7, 11) is -4.40. The molecule has 0 spiro atoms. The Balaban J connectivity index is 3.54. The van der Waals surface area contributed by atoms with E-state index in [1.54, 1.807) is 0 Å². The molecule has 0 aliphatic rings. The average molecular weight is 184 g/mol. The molecule has 0 aromatic carbocycles. The lowest BCUT2D eigenvalue weighted by molar-refractivity contribution is 0.0952. The summed E-state index contributed by atoms with van der Waals surface area (Å²) >= 11 is 0. The summed E-state index contributed by atoms with van der Waals surface area (Å²) in [5.74, 6) is 0. The number of aliphatic hydroxyl groups excluding tert-OH is 1. The van der Waals surface area contributed by atoms with Crippen LogP contribution in [-0.2, 0) is 14.6 Å². The fourth-order valence-electron chi connectivity index (χ4n) is 0.581. The van der Waals surface area contributed by atoms with Crippen LogP contribution in [0.1, 0.15) is 19.8 Å². The maximum atomic E-state index is 9.96. The van der Waals surface area contributed by atoms with E-state index in [-0.39, 0.29) is 6.61 Å². The van der Waals surface area contributed by atoms with Gasteiger partial charge in [0.2, 0.25) is 0 Å². The van der Waals surface area contributed by atoms with E-state index in [1.165, 1.54) is 0 Å². The molecule has 2 N–H and O–H groups in total. The van der Waals surface area contributed by atoms with Gasteiger partial charge in [-0.25, -0.2) is 4.18 Å². The Bertz CT molecular complexity index is 185. The van der Waals surface area contributed by atoms with E-state index in [4.69, 9.17) is 9.66 Å². The first-order valence-electron chi connectivity index (χ1n) is 3.25. The molecular weight excluding hydrogens is 172 g/mol. The fraction of sp³-hybridized carbons (Fsp3) is 1.00. The lowest BCUT2D eigenvalue weighted by atomic mass is 10.2. The SMILES string of the molecule is CCCC(O)COS(=O)(=O)O. The van der Waals surface area contributed by atoms with Crippen molar-refractivity contribution in [2.75, 3.05) is 6.61 Å². The van der Waals surface area contributed by atoms with E-state index in [9.17, 15) is 8.42 Å². The van der Waals surface area contributed by atoms with Gasteiger partial charge in [0.25, 0.3) is 0 Å². The van der Waals surface area contributed by atoms with Crippen molar-refractivity contribution in [3.8, 4) is 0 Å². The van der Waals surface area contributed by atoms with Crippen molar-refractivity contribution < 1.29 is 22.3 Å². The Kier molecular flexibility index (Phi) is 4.58. The van der Waals surface area contributed by atoms with Gasteiger partial charge in [-0.2, -0.15) is 8.42 Å². The van der Waals surface area contributed by atoms with Crippen LogP contribution in [0.5, 0.6) is 0 Å². The Morgan fingerprint density at radius 2 is 2.09 bits per heavy atom. The zero-order chi connectivity index (χ0) is 8.91. The van der Waals surface area contributed by atoms with Crippen LogP contribution in [0.25, 0.3) is 0 Å². The average Bonchev–Trinajstić information content (AvgIpc) is 1.83. The summed E-state index contributed by atoms with van der Waals surface area (Å²) in [6.45, 7) is 1.46. The standard InChI is InChI=1S/C5H12O5S/c1-2-3-5(6)4-10-11(7,8)9/h5-6H,2-4H2,1H3,(H,7,8,9). The molecule has 6 heteroatoms. The van der Waals surface area contributed by atoms with Gasteiger partial charge in [-0.05, 0) is 6.42 Å². The molecule has 1 atom stereocenters.